The summed E-state index contributed by atoms with van der Waals surface area (Å²) >= 11 is 0. The summed E-state index contributed by atoms with van der Waals surface area (Å²) in [7, 11) is 0. The molecule has 0 saturated carbocycles. The van der Waals surface area contributed by atoms with Gasteiger partial charge in [-0.2, -0.15) is 4.98 Å². The molecule has 24 heavy (non-hydrogen) atoms. The van der Waals surface area contributed by atoms with Gasteiger partial charge in [-0.1, -0.05) is 13.8 Å². The lowest BCUT2D eigenvalue weighted by atomic mass is 9.95. The fourth-order valence-electron chi connectivity index (χ4n) is 3.95. The van der Waals surface area contributed by atoms with Gasteiger partial charge >= 0.3 is 0 Å². The Bertz CT molecular complexity index is 765. The van der Waals surface area contributed by atoms with Gasteiger partial charge in [-0.3, -0.25) is 0 Å². The third-order valence-corrected chi connectivity index (χ3v) is 5.18. The molecule has 7 heteroatoms. The molecule has 2 aromatic heterocycles. The van der Waals surface area contributed by atoms with Gasteiger partial charge < -0.3 is 15.2 Å². The van der Waals surface area contributed by atoms with Crippen LogP contribution in [0, 0.1) is 0 Å². The SMILES string of the molecule is CC(C)c1nnc2n1CCN(c1nc(N)nc3c1CCCC3)C2C. The summed E-state index contributed by atoms with van der Waals surface area (Å²) in [6.07, 6.45) is 4.43. The van der Waals surface area contributed by atoms with Gasteiger partial charge in [0.15, 0.2) is 5.82 Å². The van der Waals surface area contributed by atoms with E-state index in [-0.39, 0.29) is 6.04 Å². The molecular formula is C17H25N7. The van der Waals surface area contributed by atoms with E-state index < -0.39 is 0 Å². The Labute approximate surface area is 142 Å². The van der Waals surface area contributed by atoms with Crippen molar-refractivity contribution in [3.05, 3.63) is 22.9 Å². The van der Waals surface area contributed by atoms with E-state index in [1.165, 1.54) is 18.4 Å². The van der Waals surface area contributed by atoms with E-state index in [4.69, 9.17) is 5.73 Å². The van der Waals surface area contributed by atoms with E-state index >= 15 is 0 Å². The van der Waals surface area contributed by atoms with Gasteiger partial charge in [0.25, 0.3) is 0 Å². The van der Waals surface area contributed by atoms with Crippen LogP contribution < -0.4 is 10.6 Å². The maximum Gasteiger partial charge on any atom is 0.222 e. The average molecular weight is 327 g/mol. The monoisotopic (exact) mass is 327 g/mol. The van der Waals surface area contributed by atoms with Gasteiger partial charge in [-0.15, -0.1) is 10.2 Å². The highest BCUT2D eigenvalue weighted by Crippen LogP contribution is 2.35. The molecule has 7 nitrogen and oxygen atoms in total. The average Bonchev–Trinajstić information content (AvgIpc) is 2.99. The first kappa shape index (κ1) is 15.4. The van der Waals surface area contributed by atoms with E-state index in [9.17, 15) is 0 Å². The fourth-order valence-corrected chi connectivity index (χ4v) is 3.95. The van der Waals surface area contributed by atoms with Crippen molar-refractivity contribution in [3.63, 3.8) is 0 Å². The van der Waals surface area contributed by atoms with Crippen LogP contribution >= 0.6 is 0 Å². The normalized spacial score (nSPS) is 20.2. The maximum atomic E-state index is 5.99. The minimum absolute atomic E-state index is 0.138. The minimum atomic E-state index is 0.138. The first-order chi connectivity index (χ1) is 11.6. The van der Waals surface area contributed by atoms with Crippen LogP contribution in [-0.2, 0) is 19.4 Å². The summed E-state index contributed by atoms with van der Waals surface area (Å²) in [5.41, 5.74) is 8.40. The number of nitrogens with zero attached hydrogens (tertiary/aromatic N) is 6. The molecule has 2 aliphatic rings. The Balaban J connectivity index is 1.75. The molecule has 0 spiro atoms. The molecule has 0 bridgehead atoms. The minimum Gasteiger partial charge on any atom is -0.368 e. The maximum absolute atomic E-state index is 5.99. The molecule has 128 valence electrons. The van der Waals surface area contributed by atoms with Gasteiger partial charge in [0.05, 0.1) is 11.7 Å². The third kappa shape index (κ3) is 2.34. The molecule has 1 aliphatic carbocycles. The quantitative estimate of drug-likeness (QED) is 0.910. The predicted molar refractivity (Wildman–Crippen MR) is 93.0 cm³/mol. The zero-order chi connectivity index (χ0) is 16.8. The molecule has 2 N–H and O–H groups in total. The lowest BCUT2D eigenvalue weighted by Crippen LogP contribution is -2.39. The van der Waals surface area contributed by atoms with Crippen LogP contribution in [0.3, 0.4) is 0 Å². The van der Waals surface area contributed by atoms with Gasteiger partial charge in [-0.25, -0.2) is 4.98 Å². The van der Waals surface area contributed by atoms with Crippen molar-refractivity contribution >= 4 is 11.8 Å². The van der Waals surface area contributed by atoms with E-state index in [0.29, 0.717) is 11.9 Å². The van der Waals surface area contributed by atoms with E-state index in [0.717, 1.165) is 49.1 Å². The Morgan fingerprint density at radius 2 is 1.88 bits per heavy atom. The van der Waals surface area contributed by atoms with E-state index in [1.54, 1.807) is 0 Å². The summed E-state index contributed by atoms with van der Waals surface area (Å²) < 4.78 is 2.27. The summed E-state index contributed by atoms with van der Waals surface area (Å²) in [6, 6.07) is 0.138. The van der Waals surface area contributed by atoms with Gasteiger partial charge in [0, 0.05) is 24.6 Å². The van der Waals surface area contributed by atoms with Gasteiger partial charge in [0.2, 0.25) is 5.95 Å². The first-order valence-electron chi connectivity index (χ1n) is 8.91. The number of hydrogen-bond acceptors (Lipinski definition) is 6. The molecule has 0 fully saturated rings. The lowest BCUT2D eigenvalue weighted by Gasteiger charge is -2.36. The van der Waals surface area contributed by atoms with Crippen LogP contribution in [-0.4, -0.2) is 31.3 Å². The van der Waals surface area contributed by atoms with Crippen molar-refractivity contribution < 1.29 is 0 Å². The zero-order valence-electron chi connectivity index (χ0n) is 14.7. The fraction of sp³-hybridized carbons (Fsp3) is 0.647. The molecular weight excluding hydrogens is 302 g/mol. The predicted octanol–water partition coefficient (Wildman–Crippen LogP) is 2.23. The number of aryl methyl sites for hydroxylation is 1. The standard InChI is InChI=1S/C17H25N7/c1-10(2)14-21-22-15-11(3)23(8-9-24(14)15)16-12-6-4-5-7-13(12)19-17(18)20-16/h10-11H,4-9H2,1-3H3,(H2,18,19,20). The number of rotatable bonds is 2. The molecule has 0 aromatic carbocycles. The second kappa shape index (κ2) is 5.72. The van der Waals surface area contributed by atoms with Crippen molar-refractivity contribution in [2.45, 2.75) is 65.0 Å². The molecule has 1 unspecified atom stereocenters. The number of nitrogens with two attached hydrogens (primary N) is 1. The number of hydrogen-bond donors (Lipinski definition) is 1. The highest BCUT2D eigenvalue weighted by molar-refractivity contribution is 5.54. The molecule has 1 aliphatic heterocycles. The number of nitrogen functional groups attached to an aromatic ring is 1. The van der Waals surface area contributed by atoms with Crippen molar-refractivity contribution in [1.82, 2.24) is 24.7 Å². The zero-order valence-corrected chi connectivity index (χ0v) is 14.7. The molecule has 0 radical (unpaired) electrons. The van der Waals surface area contributed by atoms with Crippen molar-refractivity contribution in [2.75, 3.05) is 17.2 Å². The number of anilines is 2. The van der Waals surface area contributed by atoms with Crippen LogP contribution in [0.5, 0.6) is 0 Å². The van der Waals surface area contributed by atoms with Crippen LogP contribution in [0.2, 0.25) is 0 Å². The number of aromatic nitrogens is 5. The van der Waals surface area contributed by atoms with Crippen LogP contribution in [0.25, 0.3) is 0 Å². The Kier molecular flexibility index (Phi) is 3.66. The molecule has 1 atom stereocenters. The third-order valence-electron chi connectivity index (χ3n) is 5.18. The molecule has 3 heterocycles. The summed E-state index contributed by atoms with van der Waals surface area (Å²) in [5, 5.41) is 8.88. The summed E-state index contributed by atoms with van der Waals surface area (Å²) in [6.45, 7) is 8.29. The van der Waals surface area contributed by atoms with Crippen molar-refractivity contribution in [3.8, 4) is 0 Å². The number of fused-ring (bicyclic) bond motifs is 2. The molecule has 2 aromatic rings. The lowest BCUT2D eigenvalue weighted by molar-refractivity contribution is 0.474. The molecule has 0 saturated heterocycles. The van der Waals surface area contributed by atoms with Crippen LogP contribution in [0.1, 0.15) is 68.5 Å². The Morgan fingerprint density at radius 1 is 1.08 bits per heavy atom. The highest BCUT2D eigenvalue weighted by atomic mass is 15.4. The van der Waals surface area contributed by atoms with E-state index in [1.807, 2.05) is 0 Å². The highest BCUT2D eigenvalue weighted by Gasteiger charge is 2.32. The second-order valence-corrected chi connectivity index (χ2v) is 7.13. The van der Waals surface area contributed by atoms with Crippen LogP contribution in [0.4, 0.5) is 11.8 Å². The van der Waals surface area contributed by atoms with Gasteiger partial charge in [-0.05, 0) is 32.6 Å². The summed E-state index contributed by atoms with van der Waals surface area (Å²) in [4.78, 5) is 11.4. The van der Waals surface area contributed by atoms with Crippen molar-refractivity contribution in [2.24, 2.45) is 0 Å². The topological polar surface area (TPSA) is 85.8 Å². The Morgan fingerprint density at radius 3 is 2.67 bits per heavy atom. The smallest absolute Gasteiger partial charge is 0.222 e. The Hall–Kier alpha value is -2.18. The van der Waals surface area contributed by atoms with E-state index in [2.05, 4.69) is 50.4 Å². The summed E-state index contributed by atoms with van der Waals surface area (Å²) in [5.74, 6) is 3.86. The van der Waals surface area contributed by atoms with Gasteiger partial charge in [0.1, 0.15) is 11.6 Å². The molecule has 4 rings (SSSR count). The first-order valence-corrected chi connectivity index (χ1v) is 8.91. The largest absolute Gasteiger partial charge is 0.368 e. The second-order valence-electron chi connectivity index (χ2n) is 7.13. The van der Waals surface area contributed by atoms with Crippen LogP contribution in [0.15, 0.2) is 0 Å². The molecule has 0 amide bonds. The van der Waals surface area contributed by atoms with Crippen molar-refractivity contribution in [1.29, 1.82) is 0 Å².